The van der Waals surface area contributed by atoms with Gasteiger partial charge in [0.15, 0.2) is 0 Å². The van der Waals surface area contributed by atoms with Crippen LogP contribution in [-0.4, -0.2) is 37.6 Å². The highest BCUT2D eigenvalue weighted by Gasteiger charge is 2.18. The molecule has 0 amide bonds. The molecule has 0 spiro atoms. The van der Waals surface area contributed by atoms with Crippen LogP contribution in [0.1, 0.15) is 43.2 Å². The third kappa shape index (κ3) is 9.16. The highest BCUT2D eigenvalue weighted by Crippen LogP contribution is 2.23. The normalized spacial score (nSPS) is 17.9. The van der Waals surface area contributed by atoms with Crippen LogP contribution < -0.4 is 5.32 Å². The van der Waals surface area contributed by atoms with Gasteiger partial charge in [-0.2, -0.15) is 0 Å². The van der Waals surface area contributed by atoms with Gasteiger partial charge in [-0.05, 0) is 112 Å². The maximum Gasteiger partial charge on any atom is 0.0406 e. The van der Waals surface area contributed by atoms with Gasteiger partial charge in [0.25, 0.3) is 0 Å². The first-order chi connectivity index (χ1) is 15.6. The smallest absolute Gasteiger partial charge is 0.0406 e. The highest BCUT2D eigenvalue weighted by atomic mass is 35.5. The van der Waals surface area contributed by atoms with Crippen molar-refractivity contribution in [3.05, 3.63) is 69.7 Å². The molecule has 2 aromatic rings. The molecule has 2 aliphatic heterocycles. The Morgan fingerprint density at radius 2 is 1.25 bits per heavy atom. The van der Waals surface area contributed by atoms with Crippen molar-refractivity contribution in [3.8, 4) is 12.3 Å². The van der Waals surface area contributed by atoms with E-state index in [0.29, 0.717) is 0 Å². The summed E-state index contributed by atoms with van der Waals surface area (Å²) >= 11 is 11.7. The average Bonchev–Trinajstić information content (AvgIpc) is 2.83. The predicted octanol–water partition coefficient (Wildman–Crippen LogP) is 6.50. The third-order valence-corrected chi connectivity index (χ3v) is 7.12. The maximum absolute atomic E-state index is 5.90. The minimum absolute atomic E-state index is 0.813. The van der Waals surface area contributed by atoms with Crippen molar-refractivity contribution in [1.82, 2.24) is 10.2 Å². The summed E-state index contributed by atoms with van der Waals surface area (Å²) < 4.78 is 0. The number of hydrogen-bond acceptors (Lipinski definition) is 2. The molecule has 0 aliphatic carbocycles. The standard InChI is InChI=1S/C16H20ClN.C12H16ClN/c1-2-3-10-18-11-8-15(9-12-18)13-14-4-6-16(17)7-5-14;13-12-3-1-10(2-4-12)9-11-5-7-14-8-6-11/h1,4-7,15H,3,8-13H2;1-4,11,14H,5-9H2. The summed E-state index contributed by atoms with van der Waals surface area (Å²) in [5, 5.41) is 5.04. The molecule has 2 aromatic carbocycles. The Kier molecular flexibility index (Phi) is 10.9. The molecule has 2 fully saturated rings. The second-order valence-electron chi connectivity index (χ2n) is 9.09. The van der Waals surface area contributed by atoms with Crippen molar-refractivity contribution < 1.29 is 0 Å². The zero-order chi connectivity index (χ0) is 22.6. The van der Waals surface area contributed by atoms with Gasteiger partial charge in [-0.25, -0.2) is 0 Å². The Morgan fingerprint density at radius 1 is 0.781 bits per heavy atom. The van der Waals surface area contributed by atoms with E-state index in [1.54, 1.807) is 0 Å². The Bertz CT molecular complexity index is 812. The number of halogens is 2. The van der Waals surface area contributed by atoms with Crippen molar-refractivity contribution in [2.45, 2.75) is 44.9 Å². The van der Waals surface area contributed by atoms with Crippen LogP contribution in [0, 0.1) is 24.2 Å². The molecule has 1 N–H and O–H groups in total. The molecular weight excluding hydrogens is 435 g/mol. The van der Waals surface area contributed by atoms with E-state index < -0.39 is 0 Å². The first kappa shape index (κ1) is 25.1. The summed E-state index contributed by atoms with van der Waals surface area (Å²) in [6.07, 6.45) is 13.8. The molecule has 2 heterocycles. The van der Waals surface area contributed by atoms with Gasteiger partial charge in [-0.15, -0.1) is 12.3 Å². The second-order valence-corrected chi connectivity index (χ2v) is 9.97. The summed E-state index contributed by atoms with van der Waals surface area (Å²) in [4.78, 5) is 2.48. The van der Waals surface area contributed by atoms with E-state index >= 15 is 0 Å². The van der Waals surface area contributed by atoms with Crippen LogP contribution in [0.5, 0.6) is 0 Å². The monoisotopic (exact) mass is 470 g/mol. The highest BCUT2D eigenvalue weighted by molar-refractivity contribution is 6.30. The summed E-state index contributed by atoms with van der Waals surface area (Å²) in [7, 11) is 0. The molecule has 172 valence electrons. The first-order valence-corrected chi connectivity index (χ1v) is 12.7. The van der Waals surface area contributed by atoms with Gasteiger partial charge in [0.2, 0.25) is 0 Å². The van der Waals surface area contributed by atoms with Gasteiger partial charge in [0.05, 0.1) is 0 Å². The zero-order valence-corrected chi connectivity index (χ0v) is 20.6. The van der Waals surface area contributed by atoms with Crippen molar-refractivity contribution in [2.24, 2.45) is 11.8 Å². The van der Waals surface area contributed by atoms with Crippen molar-refractivity contribution in [1.29, 1.82) is 0 Å². The van der Waals surface area contributed by atoms with Gasteiger partial charge in [0, 0.05) is 23.0 Å². The maximum atomic E-state index is 5.90. The number of nitrogens with one attached hydrogen (secondary N) is 1. The van der Waals surface area contributed by atoms with Gasteiger partial charge in [-0.1, -0.05) is 47.5 Å². The minimum atomic E-state index is 0.813. The van der Waals surface area contributed by atoms with Gasteiger partial charge < -0.3 is 10.2 Å². The molecule has 0 unspecified atom stereocenters. The Hall–Kier alpha value is -1.50. The number of hydrogen-bond donors (Lipinski definition) is 1. The fraction of sp³-hybridized carbons (Fsp3) is 0.500. The molecule has 0 saturated carbocycles. The van der Waals surface area contributed by atoms with Crippen LogP contribution in [-0.2, 0) is 12.8 Å². The molecule has 0 aromatic heterocycles. The first-order valence-electron chi connectivity index (χ1n) is 12.0. The van der Waals surface area contributed by atoms with Crippen molar-refractivity contribution in [3.63, 3.8) is 0 Å². The van der Waals surface area contributed by atoms with E-state index in [2.05, 4.69) is 40.4 Å². The van der Waals surface area contributed by atoms with E-state index in [-0.39, 0.29) is 0 Å². The van der Waals surface area contributed by atoms with Crippen LogP contribution in [0.3, 0.4) is 0 Å². The molecule has 0 atom stereocenters. The lowest BCUT2D eigenvalue weighted by molar-refractivity contribution is 0.187. The predicted molar refractivity (Wildman–Crippen MR) is 139 cm³/mol. The quantitative estimate of drug-likeness (QED) is 0.484. The molecule has 2 saturated heterocycles. The number of terminal acetylenes is 1. The zero-order valence-electron chi connectivity index (χ0n) is 19.0. The van der Waals surface area contributed by atoms with Crippen molar-refractivity contribution in [2.75, 3.05) is 32.7 Å². The van der Waals surface area contributed by atoms with Crippen LogP contribution in [0.15, 0.2) is 48.5 Å². The fourth-order valence-corrected chi connectivity index (χ4v) is 4.88. The minimum Gasteiger partial charge on any atom is -0.317 e. The largest absolute Gasteiger partial charge is 0.317 e. The lowest BCUT2D eigenvalue weighted by Gasteiger charge is -2.31. The van der Waals surface area contributed by atoms with E-state index in [0.717, 1.165) is 34.8 Å². The third-order valence-electron chi connectivity index (χ3n) is 6.61. The number of benzene rings is 2. The number of piperidine rings is 2. The van der Waals surface area contributed by atoms with Crippen LogP contribution in [0.4, 0.5) is 0 Å². The lowest BCUT2D eigenvalue weighted by atomic mass is 9.90. The van der Waals surface area contributed by atoms with E-state index in [1.807, 2.05) is 24.3 Å². The Balaban J connectivity index is 0.000000186. The van der Waals surface area contributed by atoms with E-state index in [9.17, 15) is 0 Å². The number of nitrogens with zero attached hydrogens (tertiary/aromatic N) is 1. The van der Waals surface area contributed by atoms with Gasteiger partial charge >= 0.3 is 0 Å². The molecule has 4 rings (SSSR count). The summed E-state index contributed by atoms with van der Waals surface area (Å²) in [6, 6.07) is 16.5. The van der Waals surface area contributed by atoms with Crippen LogP contribution in [0.2, 0.25) is 10.0 Å². The summed E-state index contributed by atoms with van der Waals surface area (Å²) in [6.45, 7) is 5.81. The van der Waals surface area contributed by atoms with Crippen LogP contribution >= 0.6 is 23.2 Å². The average molecular weight is 472 g/mol. The van der Waals surface area contributed by atoms with E-state index in [4.69, 9.17) is 29.6 Å². The number of likely N-dealkylation sites (tertiary alicyclic amines) is 1. The molecule has 2 aliphatic rings. The lowest BCUT2D eigenvalue weighted by Crippen LogP contribution is -2.34. The Morgan fingerprint density at radius 3 is 1.72 bits per heavy atom. The fourth-order valence-electron chi connectivity index (χ4n) is 4.63. The van der Waals surface area contributed by atoms with Gasteiger partial charge in [0.1, 0.15) is 0 Å². The Labute approximate surface area is 204 Å². The molecular formula is C28H36Cl2N2. The van der Waals surface area contributed by atoms with Crippen molar-refractivity contribution >= 4 is 23.2 Å². The molecule has 4 heteroatoms. The van der Waals surface area contributed by atoms with Crippen LogP contribution in [0.25, 0.3) is 0 Å². The van der Waals surface area contributed by atoms with E-state index in [1.165, 1.54) is 75.8 Å². The molecule has 0 bridgehead atoms. The number of rotatable bonds is 6. The topological polar surface area (TPSA) is 15.3 Å². The molecule has 32 heavy (non-hydrogen) atoms. The van der Waals surface area contributed by atoms with Gasteiger partial charge in [-0.3, -0.25) is 0 Å². The summed E-state index contributed by atoms with van der Waals surface area (Å²) in [5.74, 6) is 4.39. The molecule has 2 nitrogen and oxygen atoms in total. The summed E-state index contributed by atoms with van der Waals surface area (Å²) in [5.41, 5.74) is 2.82. The SMILES string of the molecule is C#CCCN1CCC(Cc2ccc(Cl)cc2)CC1.Clc1ccc(CC2CCNCC2)cc1. The second kappa shape index (κ2) is 13.9. The molecule has 0 radical (unpaired) electrons.